The Morgan fingerprint density at radius 2 is 1.94 bits per heavy atom. The number of ketones is 1. The van der Waals surface area contributed by atoms with Gasteiger partial charge in [-0.05, 0) is 30.7 Å². The molecule has 0 aliphatic carbocycles. The maximum atomic E-state index is 12.0. The molecule has 0 unspecified atom stereocenters. The van der Waals surface area contributed by atoms with Gasteiger partial charge in [-0.2, -0.15) is 0 Å². The van der Waals surface area contributed by atoms with Crippen LogP contribution in [0.5, 0.6) is 0 Å². The van der Waals surface area contributed by atoms with Crippen LogP contribution in [0, 0.1) is 12.3 Å². The monoisotopic (exact) mass is 247 g/mol. The van der Waals surface area contributed by atoms with Crippen molar-refractivity contribution in [2.75, 3.05) is 0 Å². The summed E-state index contributed by atoms with van der Waals surface area (Å²) in [5.74, 6) is -1.59. The molecule has 0 radical (unpaired) electrons. The Balaban J connectivity index is 3.22. The summed E-state index contributed by atoms with van der Waals surface area (Å²) in [6, 6.07) is 3.41. The van der Waals surface area contributed by atoms with Crippen LogP contribution in [0.15, 0.2) is 23.9 Å². The van der Waals surface area contributed by atoms with Crippen LogP contribution in [-0.4, -0.2) is 21.8 Å². The number of nitrogens with zero attached hydrogens (tertiary/aromatic N) is 1. The number of aliphatic carboxylic acids is 1. The number of carboxylic acids is 1. The second-order valence-corrected chi connectivity index (χ2v) is 5.17. The normalized spacial score (nSPS) is 12.3. The molecule has 4 nitrogen and oxygen atoms in total. The molecule has 0 atom stereocenters. The molecule has 1 heterocycles. The van der Waals surface area contributed by atoms with Crippen molar-refractivity contribution in [2.45, 2.75) is 27.7 Å². The molecule has 18 heavy (non-hydrogen) atoms. The second-order valence-electron chi connectivity index (χ2n) is 5.17. The number of pyridine rings is 1. The number of carbonyl (C=O) groups is 2. The molecule has 0 saturated heterocycles. The minimum absolute atomic E-state index is 0.201. The average molecular weight is 247 g/mol. The maximum absolute atomic E-state index is 12.0. The first-order valence-corrected chi connectivity index (χ1v) is 5.64. The van der Waals surface area contributed by atoms with E-state index in [1.54, 1.807) is 39.1 Å². The lowest BCUT2D eigenvalue weighted by Crippen LogP contribution is -2.25. The molecule has 0 aliphatic heterocycles. The summed E-state index contributed by atoms with van der Waals surface area (Å²) in [4.78, 5) is 27.2. The van der Waals surface area contributed by atoms with E-state index in [9.17, 15) is 9.59 Å². The highest BCUT2D eigenvalue weighted by Crippen LogP contribution is 2.21. The second kappa shape index (κ2) is 5.12. The van der Waals surface area contributed by atoms with Gasteiger partial charge in [0.2, 0.25) is 0 Å². The summed E-state index contributed by atoms with van der Waals surface area (Å²) >= 11 is 0. The van der Waals surface area contributed by atoms with E-state index in [1.807, 2.05) is 6.92 Å². The van der Waals surface area contributed by atoms with Gasteiger partial charge in [0, 0.05) is 17.3 Å². The van der Waals surface area contributed by atoms with Crippen LogP contribution >= 0.6 is 0 Å². The number of rotatable bonds is 3. The summed E-state index contributed by atoms with van der Waals surface area (Å²) < 4.78 is 0. The predicted octanol–water partition coefficient (Wildman–Crippen LogP) is 2.47. The van der Waals surface area contributed by atoms with E-state index < -0.39 is 11.4 Å². The minimum Gasteiger partial charge on any atom is -0.478 e. The summed E-state index contributed by atoms with van der Waals surface area (Å²) in [6.07, 6.45) is 2.98. The van der Waals surface area contributed by atoms with Crippen LogP contribution in [0.25, 0.3) is 6.08 Å². The Morgan fingerprint density at radius 3 is 2.39 bits per heavy atom. The number of Topliss-reactive ketones (excluding diaryl/α,β-unsaturated/α-hetero) is 1. The van der Waals surface area contributed by atoms with Crippen molar-refractivity contribution < 1.29 is 14.7 Å². The molecule has 96 valence electrons. The zero-order valence-corrected chi connectivity index (χ0v) is 11.0. The summed E-state index contributed by atoms with van der Waals surface area (Å²) in [7, 11) is 0. The van der Waals surface area contributed by atoms with Gasteiger partial charge in [-0.25, -0.2) is 4.79 Å². The summed E-state index contributed by atoms with van der Waals surface area (Å²) in [5, 5.41) is 9.13. The molecule has 1 rings (SSSR count). The lowest BCUT2D eigenvalue weighted by Gasteiger charge is -2.16. The Morgan fingerprint density at radius 1 is 1.33 bits per heavy atom. The molecular weight excluding hydrogens is 230 g/mol. The van der Waals surface area contributed by atoms with E-state index in [-0.39, 0.29) is 11.4 Å². The van der Waals surface area contributed by atoms with Gasteiger partial charge in [-0.15, -0.1) is 0 Å². The number of hydrogen-bond donors (Lipinski definition) is 1. The Kier molecular flexibility index (Phi) is 4.01. The van der Waals surface area contributed by atoms with E-state index in [0.717, 1.165) is 5.69 Å². The van der Waals surface area contributed by atoms with Gasteiger partial charge in [0.1, 0.15) is 5.57 Å². The zero-order chi connectivity index (χ0) is 13.9. The van der Waals surface area contributed by atoms with Crippen molar-refractivity contribution in [2.24, 2.45) is 5.41 Å². The molecule has 1 aromatic heterocycles. The number of aryl methyl sites for hydroxylation is 1. The van der Waals surface area contributed by atoms with E-state index >= 15 is 0 Å². The Hall–Kier alpha value is -1.97. The van der Waals surface area contributed by atoms with Crippen LogP contribution in [0.4, 0.5) is 0 Å². The molecule has 0 aromatic carbocycles. The van der Waals surface area contributed by atoms with E-state index in [1.165, 1.54) is 6.08 Å². The molecule has 0 bridgehead atoms. The number of hydrogen-bond acceptors (Lipinski definition) is 3. The molecule has 0 amide bonds. The van der Waals surface area contributed by atoms with Crippen molar-refractivity contribution in [1.82, 2.24) is 4.98 Å². The molecule has 0 saturated carbocycles. The topological polar surface area (TPSA) is 67.3 Å². The van der Waals surface area contributed by atoms with Gasteiger partial charge in [0.25, 0.3) is 0 Å². The first-order valence-electron chi connectivity index (χ1n) is 5.64. The molecule has 4 heteroatoms. The van der Waals surface area contributed by atoms with Crippen molar-refractivity contribution >= 4 is 17.8 Å². The molecule has 0 spiro atoms. The van der Waals surface area contributed by atoms with Gasteiger partial charge < -0.3 is 5.11 Å². The minimum atomic E-state index is -1.20. The molecule has 0 fully saturated rings. The fourth-order valence-corrected chi connectivity index (χ4v) is 1.45. The first-order chi connectivity index (χ1) is 8.21. The smallest absolute Gasteiger partial charge is 0.339 e. The molecule has 0 aliphatic rings. The van der Waals surface area contributed by atoms with Gasteiger partial charge in [0.15, 0.2) is 5.78 Å². The first kappa shape index (κ1) is 14.1. The summed E-state index contributed by atoms with van der Waals surface area (Å²) in [6.45, 7) is 6.90. The Labute approximate surface area is 106 Å². The highest BCUT2D eigenvalue weighted by molar-refractivity contribution is 6.21. The predicted molar refractivity (Wildman–Crippen MR) is 69.0 cm³/mol. The zero-order valence-electron chi connectivity index (χ0n) is 11.0. The van der Waals surface area contributed by atoms with Crippen LogP contribution in [0.2, 0.25) is 0 Å². The van der Waals surface area contributed by atoms with Gasteiger partial charge in [-0.1, -0.05) is 20.8 Å². The molecular formula is C14H17NO3. The van der Waals surface area contributed by atoms with Crippen LogP contribution < -0.4 is 0 Å². The molecule has 1 aromatic rings. The van der Waals surface area contributed by atoms with Gasteiger partial charge in [0.05, 0.1) is 0 Å². The largest absolute Gasteiger partial charge is 0.478 e. The standard InChI is InChI=1S/C14H17NO3/c1-9-7-10(5-6-15-9)8-11(13(17)18)12(16)14(2,3)4/h5-8H,1-4H3,(H,17,18)/b11-8+. The highest BCUT2D eigenvalue weighted by Gasteiger charge is 2.28. The van der Waals surface area contributed by atoms with E-state index in [0.29, 0.717) is 5.56 Å². The average Bonchev–Trinajstić information content (AvgIpc) is 2.23. The third-order valence-corrected chi connectivity index (χ3v) is 2.39. The third kappa shape index (κ3) is 3.52. The fourth-order valence-electron chi connectivity index (χ4n) is 1.45. The fraction of sp³-hybridized carbons (Fsp3) is 0.357. The van der Waals surface area contributed by atoms with Crippen molar-refractivity contribution in [1.29, 1.82) is 0 Å². The number of carbonyl (C=O) groups excluding carboxylic acids is 1. The van der Waals surface area contributed by atoms with Crippen LogP contribution in [0.3, 0.4) is 0 Å². The van der Waals surface area contributed by atoms with Crippen molar-refractivity contribution in [3.05, 3.63) is 35.2 Å². The van der Waals surface area contributed by atoms with E-state index in [4.69, 9.17) is 5.11 Å². The van der Waals surface area contributed by atoms with Crippen molar-refractivity contribution in [3.63, 3.8) is 0 Å². The van der Waals surface area contributed by atoms with E-state index in [2.05, 4.69) is 4.98 Å². The Bertz CT molecular complexity index is 510. The molecule has 1 N–H and O–H groups in total. The third-order valence-electron chi connectivity index (χ3n) is 2.39. The maximum Gasteiger partial charge on any atom is 0.339 e. The quantitative estimate of drug-likeness (QED) is 0.506. The van der Waals surface area contributed by atoms with Gasteiger partial charge >= 0.3 is 5.97 Å². The lowest BCUT2D eigenvalue weighted by molar-refractivity contribution is -0.136. The van der Waals surface area contributed by atoms with Crippen molar-refractivity contribution in [3.8, 4) is 0 Å². The lowest BCUT2D eigenvalue weighted by atomic mass is 9.85. The SMILES string of the molecule is Cc1cc(/C=C(/C(=O)O)C(=O)C(C)(C)C)ccn1. The summed E-state index contributed by atoms with van der Waals surface area (Å²) in [5.41, 5.74) is 0.522. The number of aromatic nitrogens is 1. The highest BCUT2D eigenvalue weighted by atomic mass is 16.4. The van der Waals surface area contributed by atoms with Crippen LogP contribution in [0.1, 0.15) is 32.0 Å². The number of carboxylic acid groups (broad SMARTS) is 1. The van der Waals surface area contributed by atoms with Gasteiger partial charge in [-0.3, -0.25) is 9.78 Å². The van der Waals surface area contributed by atoms with Crippen LogP contribution in [-0.2, 0) is 9.59 Å².